The van der Waals surface area contributed by atoms with Crippen molar-refractivity contribution >= 4 is 22.6 Å². The first-order valence-corrected chi connectivity index (χ1v) is 12.7. The fourth-order valence-corrected chi connectivity index (χ4v) is 4.87. The molecule has 0 amide bonds. The topological polar surface area (TPSA) is 83.9 Å². The zero-order valence-corrected chi connectivity index (χ0v) is 20.6. The van der Waals surface area contributed by atoms with Crippen LogP contribution in [0.3, 0.4) is 0 Å². The summed E-state index contributed by atoms with van der Waals surface area (Å²) in [5.41, 5.74) is 5.09. The van der Waals surface area contributed by atoms with Crippen molar-refractivity contribution in [1.82, 2.24) is 9.88 Å². The number of anilines is 1. The number of likely N-dealkylation sites (tertiary alicyclic amines) is 1. The Labute approximate surface area is 209 Å². The molecule has 198 valence electrons. The lowest BCUT2D eigenvalue weighted by Gasteiger charge is -2.19. The molecule has 2 N–H and O–H groups in total. The summed E-state index contributed by atoms with van der Waals surface area (Å²) in [4.78, 5) is 16.6. The van der Waals surface area contributed by atoms with E-state index >= 15 is 0 Å². The average molecular weight is 510 g/mol. The molecule has 5 rings (SSSR count). The van der Waals surface area contributed by atoms with Crippen LogP contribution in [0.5, 0.6) is 11.5 Å². The van der Waals surface area contributed by atoms with Crippen molar-refractivity contribution in [3.8, 4) is 11.5 Å². The van der Waals surface area contributed by atoms with E-state index in [1.165, 1.54) is 73.9 Å². The van der Waals surface area contributed by atoms with Gasteiger partial charge in [0, 0.05) is 41.8 Å². The van der Waals surface area contributed by atoms with E-state index in [1.54, 1.807) is 7.11 Å². The largest absolute Gasteiger partial charge is 0.493 e. The molecule has 3 heterocycles. The molecule has 0 spiro atoms. The number of carbonyl (C=O) groups is 1. The van der Waals surface area contributed by atoms with Crippen LogP contribution < -0.4 is 14.8 Å². The van der Waals surface area contributed by atoms with E-state index in [2.05, 4.69) is 22.3 Å². The van der Waals surface area contributed by atoms with E-state index in [9.17, 15) is 13.2 Å². The summed E-state index contributed by atoms with van der Waals surface area (Å²) in [6.07, 6.45) is 4.79. The van der Waals surface area contributed by atoms with Crippen molar-refractivity contribution in [2.45, 2.75) is 63.5 Å². The lowest BCUT2D eigenvalue weighted by molar-refractivity contribution is -0.192. The molecule has 1 saturated carbocycles. The van der Waals surface area contributed by atoms with E-state index in [-0.39, 0.29) is 0 Å². The number of nitrogens with one attached hydrogen (secondary N) is 1. The highest BCUT2D eigenvalue weighted by Crippen LogP contribution is 2.46. The molecule has 0 bridgehead atoms. The molecule has 3 aliphatic rings. The monoisotopic (exact) mass is 509 g/mol. The van der Waals surface area contributed by atoms with Crippen LogP contribution in [0.25, 0.3) is 10.9 Å². The SMILES string of the molecule is COc1cc2c3c(c(C4CC4)nc2cc1OCCCN1CCCC1)CCCCN3.O=C(O)C(F)(F)F. The number of aromatic nitrogens is 1. The van der Waals surface area contributed by atoms with Crippen LogP contribution in [0.4, 0.5) is 18.9 Å². The minimum atomic E-state index is -5.08. The van der Waals surface area contributed by atoms with Gasteiger partial charge in [-0.1, -0.05) is 0 Å². The Hall–Kier alpha value is -2.75. The van der Waals surface area contributed by atoms with Gasteiger partial charge in [0.1, 0.15) is 0 Å². The van der Waals surface area contributed by atoms with Gasteiger partial charge >= 0.3 is 12.1 Å². The highest BCUT2D eigenvalue weighted by atomic mass is 19.4. The van der Waals surface area contributed by atoms with Crippen molar-refractivity contribution in [2.24, 2.45) is 0 Å². The number of aliphatic carboxylic acids is 1. The van der Waals surface area contributed by atoms with Crippen LogP contribution in [0, 0.1) is 0 Å². The Balaban J connectivity index is 0.000000384. The molecule has 1 aliphatic carbocycles. The molecule has 7 nitrogen and oxygen atoms in total. The molecule has 2 aromatic rings. The van der Waals surface area contributed by atoms with E-state index in [1.807, 2.05) is 0 Å². The Kier molecular flexibility index (Phi) is 8.43. The first-order valence-electron chi connectivity index (χ1n) is 12.7. The second kappa shape index (κ2) is 11.5. The molecule has 0 radical (unpaired) electrons. The number of pyridine rings is 1. The number of nitrogens with zero attached hydrogens (tertiary/aromatic N) is 2. The lowest BCUT2D eigenvalue weighted by atomic mass is 9.99. The number of alkyl halides is 3. The third kappa shape index (κ3) is 6.52. The van der Waals surface area contributed by atoms with E-state index < -0.39 is 12.1 Å². The summed E-state index contributed by atoms with van der Waals surface area (Å²) in [5, 5.41) is 12.0. The van der Waals surface area contributed by atoms with Gasteiger partial charge in [0.15, 0.2) is 11.5 Å². The van der Waals surface area contributed by atoms with Crippen molar-refractivity contribution in [3.63, 3.8) is 0 Å². The maximum atomic E-state index is 10.6. The highest BCUT2D eigenvalue weighted by Gasteiger charge is 2.38. The predicted octanol–water partition coefficient (Wildman–Crippen LogP) is 5.37. The van der Waals surface area contributed by atoms with Gasteiger partial charge in [0.2, 0.25) is 0 Å². The van der Waals surface area contributed by atoms with Gasteiger partial charge in [-0.3, -0.25) is 4.98 Å². The van der Waals surface area contributed by atoms with Crippen LogP contribution in [0.15, 0.2) is 12.1 Å². The minimum absolute atomic E-state index is 0.653. The molecule has 1 saturated heterocycles. The smallest absolute Gasteiger partial charge is 0.490 e. The summed E-state index contributed by atoms with van der Waals surface area (Å²) in [6.45, 7) is 5.36. The maximum absolute atomic E-state index is 10.6. The van der Waals surface area contributed by atoms with Crippen molar-refractivity contribution in [1.29, 1.82) is 0 Å². The number of ether oxygens (including phenoxy) is 2. The second-order valence-electron chi connectivity index (χ2n) is 9.58. The van der Waals surface area contributed by atoms with Crippen LogP contribution in [-0.2, 0) is 11.2 Å². The standard InChI is InChI=1S/C24H33N3O2.C2HF3O2/c1-28-21-15-19-20(16-22(21)29-14-6-13-27-11-4-5-12-27)26-23(17-8-9-17)18-7-2-3-10-25-24(18)19;3-2(4,5)1(6)7/h15-17,25H,2-14H2,1H3;(H,6,7). The fraction of sp³-hybridized carbons (Fsp3) is 0.615. The van der Waals surface area contributed by atoms with Gasteiger partial charge in [-0.25, -0.2) is 4.79 Å². The third-order valence-corrected chi connectivity index (χ3v) is 6.84. The Morgan fingerprint density at radius 1 is 1.17 bits per heavy atom. The zero-order valence-electron chi connectivity index (χ0n) is 20.6. The third-order valence-electron chi connectivity index (χ3n) is 6.84. The molecular formula is C26H34F3N3O4. The number of carboxylic acid groups (broad SMARTS) is 1. The number of hydrogen-bond donors (Lipinski definition) is 2. The zero-order chi connectivity index (χ0) is 25.7. The van der Waals surface area contributed by atoms with Crippen LogP contribution in [0.1, 0.15) is 62.1 Å². The number of halogens is 3. The van der Waals surface area contributed by atoms with Crippen LogP contribution >= 0.6 is 0 Å². The number of carboxylic acids is 1. The number of fused-ring (bicyclic) bond motifs is 3. The quantitative estimate of drug-likeness (QED) is 0.486. The van der Waals surface area contributed by atoms with E-state index in [4.69, 9.17) is 24.4 Å². The van der Waals surface area contributed by atoms with Crippen LogP contribution in [0.2, 0.25) is 0 Å². The van der Waals surface area contributed by atoms with Crippen molar-refractivity contribution in [3.05, 3.63) is 23.4 Å². The Morgan fingerprint density at radius 2 is 1.89 bits per heavy atom. The average Bonchev–Trinajstić information content (AvgIpc) is 3.61. The predicted molar refractivity (Wildman–Crippen MR) is 131 cm³/mol. The second-order valence-corrected chi connectivity index (χ2v) is 9.58. The van der Waals surface area contributed by atoms with Gasteiger partial charge in [-0.15, -0.1) is 0 Å². The first kappa shape index (κ1) is 26.3. The number of benzene rings is 1. The maximum Gasteiger partial charge on any atom is 0.490 e. The molecule has 0 atom stereocenters. The van der Waals surface area contributed by atoms with Gasteiger partial charge in [0.25, 0.3) is 0 Å². The summed E-state index contributed by atoms with van der Waals surface area (Å²) >= 11 is 0. The minimum Gasteiger partial charge on any atom is -0.493 e. The van der Waals surface area contributed by atoms with E-state index in [0.29, 0.717) is 5.92 Å². The van der Waals surface area contributed by atoms with Crippen LogP contribution in [-0.4, -0.2) is 67.0 Å². The molecular weight excluding hydrogens is 475 g/mol. The molecule has 0 unspecified atom stereocenters. The summed E-state index contributed by atoms with van der Waals surface area (Å²) in [7, 11) is 1.73. The lowest BCUT2D eigenvalue weighted by Crippen LogP contribution is -2.21. The van der Waals surface area contributed by atoms with Crippen molar-refractivity contribution in [2.75, 3.05) is 45.2 Å². The van der Waals surface area contributed by atoms with Crippen molar-refractivity contribution < 1.29 is 32.5 Å². The Bertz CT molecular complexity index is 1070. The summed E-state index contributed by atoms with van der Waals surface area (Å²) in [5.74, 6) is -0.468. The van der Waals surface area contributed by atoms with Gasteiger partial charge in [-0.2, -0.15) is 13.2 Å². The molecule has 10 heteroatoms. The first-order chi connectivity index (χ1) is 17.3. The summed E-state index contributed by atoms with van der Waals surface area (Å²) < 4.78 is 43.6. The number of methoxy groups -OCH3 is 1. The molecule has 2 aliphatic heterocycles. The van der Waals surface area contributed by atoms with Gasteiger partial charge in [0.05, 0.1) is 19.2 Å². The number of hydrogen-bond acceptors (Lipinski definition) is 6. The van der Waals surface area contributed by atoms with E-state index in [0.717, 1.165) is 49.6 Å². The highest BCUT2D eigenvalue weighted by molar-refractivity contribution is 5.96. The number of rotatable bonds is 7. The van der Waals surface area contributed by atoms with Gasteiger partial charge in [-0.05, 0) is 76.1 Å². The molecule has 2 fully saturated rings. The summed E-state index contributed by atoms with van der Waals surface area (Å²) in [6, 6.07) is 4.23. The molecule has 1 aromatic carbocycles. The fourth-order valence-electron chi connectivity index (χ4n) is 4.87. The molecule has 1 aromatic heterocycles. The van der Waals surface area contributed by atoms with Gasteiger partial charge < -0.3 is 24.8 Å². The molecule has 36 heavy (non-hydrogen) atoms. The normalized spacial score (nSPS) is 18.0. The Morgan fingerprint density at radius 3 is 2.53 bits per heavy atom.